The lowest BCUT2D eigenvalue weighted by Crippen LogP contribution is -2.33. The van der Waals surface area contributed by atoms with Crippen LogP contribution in [0.4, 0.5) is 10.5 Å². The highest BCUT2D eigenvalue weighted by molar-refractivity contribution is 5.88. The van der Waals surface area contributed by atoms with Crippen molar-refractivity contribution < 1.29 is 19.0 Å². The van der Waals surface area contributed by atoms with Crippen molar-refractivity contribution in [1.82, 2.24) is 5.32 Å². The molecule has 1 aromatic rings. The number of fused-ring (bicyclic) bond motifs is 1. The molecule has 0 spiro atoms. The molecule has 2 amide bonds. The van der Waals surface area contributed by atoms with Gasteiger partial charge in [-0.25, -0.2) is 4.79 Å². The molecular weight excluding hydrogens is 320 g/mol. The molecule has 0 bridgehead atoms. The number of nitrogens with one attached hydrogen (secondary N) is 2. The molecule has 1 unspecified atom stereocenters. The van der Waals surface area contributed by atoms with E-state index in [-0.39, 0.29) is 6.03 Å². The van der Waals surface area contributed by atoms with Gasteiger partial charge in [0, 0.05) is 39.6 Å². The topological polar surface area (TPSA) is 68.8 Å². The predicted molar refractivity (Wildman–Crippen MR) is 95.1 cm³/mol. The summed E-state index contributed by atoms with van der Waals surface area (Å²) < 4.78 is 17.2. The van der Waals surface area contributed by atoms with Crippen LogP contribution < -0.4 is 15.4 Å². The number of hydrogen-bond acceptors (Lipinski definition) is 4. The number of allylic oxidation sites excluding steroid dienone is 4. The third-order valence-corrected chi connectivity index (χ3v) is 4.17. The molecule has 1 aliphatic carbocycles. The second-order valence-electron chi connectivity index (χ2n) is 6.04. The minimum Gasteiger partial charge on any atom is -0.462 e. The number of urea groups is 1. The summed E-state index contributed by atoms with van der Waals surface area (Å²) in [4.78, 5) is 11.3. The van der Waals surface area contributed by atoms with Crippen LogP contribution >= 0.6 is 0 Å². The van der Waals surface area contributed by atoms with Crippen LogP contribution in [0.25, 0.3) is 0 Å². The number of amides is 2. The van der Waals surface area contributed by atoms with E-state index >= 15 is 0 Å². The zero-order valence-corrected chi connectivity index (χ0v) is 14.6. The molecule has 3 rings (SSSR count). The molecule has 6 nitrogen and oxygen atoms in total. The first-order valence-corrected chi connectivity index (χ1v) is 8.12. The highest BCUT2D eigenvalue weighted by Crippen LogP contribution is 2.36. The van der Waals surface area contributed by atoms with Gasteiger partial charge in [-0.2, -0.15) is 0 Å². The summed E-state index contributed by atoms with van der Waals surface area (Å²) in [6, 6.07) is 6.97. The number of methoxy groups -OCH3 is 1. The van der Waals surface area contributed by atoms with Gasteiger partial charge in [0.15, 0.2) is 0 Å². The monoisotopic (exact) mass is 342 g/mol. The number of carbonyl (C=O) groups excluding carboxylic acids is 1. The molecule has 0 radical (unpaired) electrons. The molecule has 1 aliphatic heterocycles. The third-order valence-electron chi connectivity index (χ3n) is 4.17. The van der Waals surface area contributed by atoms with Gasteiger partial charge in [0.1, 0.15) is 17.3 Å². The Labute approximate surface area is 147 Å². The summed E-state index contributed by atoms with van der Waals surface area (Å²) in [7, 11) is 3.22. The Morgan fingerprint density at radius 3 is 2.68 bits per heavy atom. The summed E-state index contributed by atoms with van der Waals surface area (Å²) in [6.45, 7) is 1.92. The van der Waals surface area contributed by atoms with E-state index in [4.69, 9.17) is 14.2 Å². The van der Waals surface area contributed by atoms with Crippen LogP contribution in [0, 0.1) is 0 Å². The third kappa shape index (κ3) is 4.03. The van der Waals surface area contributed by atoms with Crippen LogP contribution in [0.5, 0.6) is 5.75 Å². The second kappa shape index (κ2) is 7.03. The summed E-state index contributed by atoms with van der Waals surface area (Å²) >= 11 is 0. The number of ether oxygens (including phenoxy) is 3. The molecule has 2 N–H and O–H groups in total. The zero-order valence-electron chi connectivity index (χ0n) is 14.6. The van der Waals surface area contributed by atoms with E-state index < -0.39 is 5.79 Å². The van der Waals surface area contributed by atoms with Crippen LogP contribution in [0.1, 0.15) is 19.8 Å². The summed E-state index contributed by atoms with van der Waals surface area (Å²) in [5.41, 5.74) is 1.80. The molecule has 2 aliphatic rings. The predicted octanol–water partition coefficient (Wildman–Crippen LogP) is 3.70. The Hall–Kier alpha value is -2.73. The lowest BCUT2D eigenvalue weighted by Gasteiger charge is -2.35. The van der Waals surface area contributed by atoms with Gasteiger partial charge in [0.25, 0.3) is 0 Å². The first-order chi connectivity index (χ1) is 12.0. The van der Waals surface area contributed by atoms with E-state index in [0.29, 0.717) is 24.3 Å². The molecule has 132 valence electrons. The average molecular weight is 342 g/mol. The SMILES string of the molecule is CNC(=O)Nc1ccc(OC2=CC=C3OC(C)(OC)CC=C3C2)cc1. The Kier molecular flexibility index (Phi) is 4.81. The molecular formula is C19H22N2O4. The first-order valence-electron chi connectivity index (χ1n) is 8.12. The maximum Gasteiger partial charge on any atom is 0.318 e. The molecule has 0 saturated carbocycles. The van der Waals surface area contributed by atoms with Crippen LogP contribution in [-0.4, -0.2) is 26.0 Å². The average Bonchev–Trinajstić information content (AvgIpc) is 2.63. The van der Waals surface area contributed by atoms with Crippen molar-refractivity contribution in [2.45, 2.75) is 25.6 Å². The number of carbonyl (C=O) groups is 1. The Bertz CT molecular complexity index is 749. The molecule has 0 fully saturated rings. The van der Waals surface area contributed by atoms with Crippen LogP contribution in [0.3, 0.4) is 0 Å². The fraction of sp³-hybridized carbons (Fsp3) is 0.316. The normalized spacial score (nSPS) is 21.8. The molecule has 1 heterocycles. The van der Waals surface area contributed by atoms with Gasteiger partial charge in [-0.15, -0.1) is 0 Å². The number of hydrogen-bond donors (Lipinski definition) is 2. The quantitative estimate of drug-likeness (QED) is 0.875. The van der Waals surface area contributed by atoms with Crippen molar-refractivity contribution in [2.75, 3.05) is 19.5 Å². The van der Waals surface area contributed by atoms with Crippen molar-refractivity contribution in [3.05, 3.63) is 59.6 Å². The summed E-state index contributed by atoms with van der Waals surface area (Å²) in [5.74, 6) is 1.78. The highest BCUT2D eigenvalue weighted by atomic mass is 16.7. The number of rotatable bonds is 4. The summed E-state index contributed by atoms with van der Waals surface area (Å²) in [6.07, 6.45) is 7.31. The Morgan fingerprint density at radius 1 is 1.24 bits per heavy atom. The van der Waals surface area contributed by atoms with Crippen molar-refractivity contribution in [3.63, 3.8) is 0 Å². The van der Waals surface area contributed by atoms with Crippen LogP contribution in [-0.2, 0) is 9.47 Å². The van der Waals surface area contributed by atoms with E-state index in [2.05, 4.69) is 16.7 Å². The standard InChI is InChI=1S/C19H22N2O4/c1-19(23-3)11-10-13-12-16(8-9-17(13)25-19)24-15-6-4-14(5-7-15)21-18(22)20-2/h4-10H,11-12H2,1-3H3,(H2,20,21,22). The maximum absolute atomic E-state index is 11.3. The van der Waals surface area contributed by atoms with Gasteiger partial charge in [-0.3, -0.25) is 0 Å². The lowest BCUT2D eigenvalue weighted by atomic mass is 9.98. The second-order valence-corrected chi connectivity index (χ2v) is 6.04. The molecule has 0 aromatic heterocycles. The lowest BCUT2D eigenvalue weighted by molar-refractivity contribution is -0.185. The van der Waals surface area contributed by atoms with E-state index in [1.807, 2.05) is 31.2 Å². The van der Waals surface area contributed by atoms with Gasteiger partial charge in [-0.05, 0) is 42.0 Å². The minimum absolute atomic E-state index is 0.256. The number of anilines is 1. The zero-order chi connectivity index (χ0) is 17.9. The van der Waals surface area contributed by atoms with Crippen molar-refractivity contribution in [3.8, 4) is 5.75 Å². The molecule has 25 heavy (non-hydrogen) atoms. The van der Waals surface area contributed by atoms with Gasteiger partial charge < -0.3 is 24.8 Å². The minimum atomic E-state index is -0.602. The van der Waals surface area contributed by atoms with Crippen molar-refractivity contribution in [1.29, 1.82) is 0 Å². The Balaban J connectivity index is 1.66. The van der Waals surface area contributed by atoms with Crippen molar-refractivity contribution >= 4 is 11.7 Å². The summed E-state index contributed by atoms with van der Waals surface area (Å²) in [5, 5.41) is 5.21. The Morgan fingerprint density at radius 2 is 2.00 bits per heavy atom. The van der Waals surface area contributed by atoms with E-state index in [1.54, 1.807) is 26.3 Å². The van der Waals surface area contributed by atoms with Crippen LogP contribution in [0.2, 0.25) is 0 Å². The van der Waals surface area contributed by atoms with Crippen LogP contribution in [0.15, 0.2) is 59.6 Å². The van der Waals surface area contributed by atoms with Gasteiger partial charge in [0.2, 0.25) is 5.79 Å². The number of benzene rings is 1. The molecule has 1 atom stereocenters. The maximum atomic E-state index is 11.3. The highest BCUT2D eigenvalue weighted by Gasteiger charge is 2.32. The fourth-order valence-electron chi connectivity index (χ4n) is 2.61. The van der Waals surface area contributed by atoms with E-state index in [9.17, 15) is 4.79 Å². The first kappa shape index (κ1) is 17.1. The molecule has 1 aromatic carbocycles. The van der Waals surface area contributed by atoms with Crippen molar-refractivity contribution in [2.24, 2.45) is 0 Å². The van der Waals surface area contributed by atoms with Gasteiger partial charge >= 0.3 is 6.03 Å². The fourth-order valence-corrected chi connectivity index (χ4v) is 2.61. The van der Waals surface area contributed by atoms with E-state index in [0.717, 1.165) is 17.1 Å². The molecule has 6 heteroatoms. The van der Waals surface area contributed by atoms with Gasteiger partial charge in [0.05, 0.1) is 0 Å². The largest absolute Gasteiger partial charge is 0.462 e. The smallest absolute Gasteiger partial charge is 0.318 e. The van der Waals surface area contributed by atoms with E-state index in [1.165, 1.54) is 0 Å². The molecule has 0 saturated heterocycles. The van der Waals surface area contributed by atoms with Gasteiger partial charge in [-0.1, -0.05) is 6.08 Å².